The molecule has 0 aliphatic heterocycles. The molecule has 1 atom stereocenters. The highest BCUT2D eigenvalue weighted by Crippen LogP contribution is 2.08. The molecule has 0 N–H and O–H groups in total. The summed E-state index contributed by atoms with van der Waals surface area (Å²) in [5.74, 6) is 0. The first-order valence-electron chi connectivity index (χ1n) is 3.55. The van der Waals surface area contributed by atoms with Gasteiger partial charge in [-0.25, -0.2) is 0 Å². The predicted octanol–water partition coefficient (Wildman–Crippen LogP) is 0.216. The van der Waals surface area contributed by atoms with Crippen LogP contribution >= 0.6 is 0 Å². The topological polar surface area (TPSA) is 49.4 Å². The maximum Gasteiger partial charge on any atom is 0.331 e. The molecule has 0 spiro atoms. The summed E-state index contributed by atoms with van der Waals surface area (Å²) in [5.41, 5.74) is 0.887. The smallest absolute Gasteiger partial charge is 0.331 e. The van der Waals surface area contributed by atoms with E-state index >= 15 is 0 Å². The van der Waals surface area contributed by atoms with Gasteiger partial charge in [-0.2, -0.15) is 0 Å². The van der Waals surface area contributed by atoms with Crippen molar-refractivity contribution in [3.63, 3.8) is 0 Å². The van der Waals surface area contributed by atoms with Crippen LogP contribution in [0.3, 0.4) is 0 Å². The van der Waals surface area contributed by atoms with Crippen LogP contribution in [0.5, 0.6) is 0 Å². The lowest BCUT2D eigenvalue weighted by atomic mass is 10.2. The zero-order valence-corrected chi connectivity index (χ0v) is 8.60. The molecule has 1 aromatic rings. The minimum atomic E-state index is -0.954. The van der Waals surface area contributed by atoms with Gasteiger partial charge in [-0.3, -0.25) is 4.21 Å². The second-order valence-corrected chi connectivity index (χ2v) is 4.14. The van der Waals surface area contributed by atoms with Crippen LogP contribution in [-0.4, -0.2) is 10.5 Å². The fraction of sp³-hybridized carbons (Fsp3) is 0.250. The van der Waals surface area contributed by atoms with Crippen molar-refractivity contribution < 1.29 is 24.5 Å². The van der Waals surface area contributed by atoms with Crippen LogP contribution in [0.25, 0.3) is 0 Å². The lowest BCUT2D eigenvalue weighted by Gasteiger charge is -1.97. The molecule has 1 aromatic carbocycles. The molecule has 0 aliphatic carbocycles. The molecule has 0 amide bonds. The van der Waals surface area contributed by atoms with Gasteiger partial charge in [0, 0.05) is 22.0 Å². The fourth-order valence-electron chi connectivity index (χ4n) is 0.863. The third kappa shape index (κ3) is 3.44. The van der Waals surface area contributed by atoms with Crippen molar-refractivity contribution in [2.75, 3.05) is 6.26 Å². The Morgan fingerprint density at radius 3 is 2.54 bits per heavy atom. The van der Waals surface area contributed by atoms with E-state index in [1.807, 2.05) is 0 Å². The van der Waals surface area contributed by atoms with Gasteiger partial charge in [0.25, 0.3) is 0 Å². The Bertz CT molecular complexity index is 286. The highest BCUT2D eigenvalue weighted by atomic mass is 35.6. The summed E-state index contributed by atoms with van der Waals surface area (Å²) in [5, 5.41) is 0. The van der Waals surface area contributed by atoms with Gasteiger partial charge in [-0.1, -0.05) is 16.4 Å². The molecule has 3 nitrogen and oxygen atoms in total. The molecular formula is C8H9ClO3S. The van der Waals surface area contributed by atoms with E-state index < -0.39 is 10.8 Å². The maximum absolute atomic E-state index is 11.0. The highest BCUT2D eigenvalue weighted by Gasteiger charge is 1.99. The quantitative estimate of drug-likeness (QED) is 0.729. The van der Waals surface area contributed by atoms with E-state index in [9.17, 15) is 8.87 Å². The molecule has 5 heteroatoms. The van der Waals surface area contributed by atoms with Crippen LogP contribution in [0.1, 0.15) is 5.56 Å². The third-order valence-corrected chi connectivity index (χ3v) is 2.66. The average Bonchev–Trinajstić information content (AvgIpc) is 2.15. The molecule has 72 valence electrons. The standard InChI is InChI=1S/C8H9ClO3S/c1-13(11)8-4-2-7(3-5-8)6-12-9-10/h2-5H,6H2,1H3. The largest absolute Gasteiger partial charge is 0.506 e. The number of hydrogen-bond donors (Lipinski definition) is 0. The third-order valence-electron chi connectivity index (χ3n) is 1.52. The molecule has 0 saturated heterocycles. The van der Waals surface area contributed by atoms with Gasteiger partial charge in [0.1, 0.15) is 6.61 Å². The lowest BCUT2D eigenvalue weighted by molar-refractivity contribution is -1.27. The lowest BCUT2D eigenvalue weighted by Crippen LogP contribution is -2.04. The van der Waals surface area contributed by atoms with E-state index in [-0.39, 0.29) is 6.61 Å². The zero-order valence-electron chi connectivity index (χ0n) is 7.03. The Kier molecular flexibility index (Phi) is 4.38. The van der Waals surface area contributed by atoms with Crippen molar-refractivity contribution in [1.82, 2.24) is 0 Å². The minimum absolute atomic E-state index is 0.258. The van der Waals surface area contributed by atoms with E-state index in [1.54, 1.807) is 30.5 Å². The molecule has 13 heavy (non-hydrogen) atoms. The maximum atomic E-state index is 11.0. The van der Waals surface area contributed by atoms with Crippen molar-refractivity contribution in [3.8, 4) is 0 Å². The van der Waals surface area contributed by atoms with E-state index in [1.165, 1.54) is 0 Å². The van der Waals surface area contributed by atoms with E-state index in [0.717, 1.165) is 10.5 Å². The van der Waals surface area contributed by atoms with Crippen LogP contribution in [0.2, 0.25) is 0 Å². The van der Waals surface area contributed by atoms with Crippen LogP contribution in [0, 0.1) is 11.3 Å². The molecule has 0 saturated carbocycles. The molecule has 1 unspecified atom stereocenters. The summed E-state index contributed by atoms with van der Waals surface area (Å²) in [6.07, 6.45) is 1.62. The summed E-state index contributed by atoms with van der Waals surface area (Å²) in [4.78, 5) is 0.772. The molecule has 0 radical (unpaired) electrons. The molecule has 1 rings (SSSR count). The Morgan fingerprint density at radius 2 is 2.08 bits per heavy atom. The molecule has 0 aliphatic rings. The van der Waals surface area contributed by atoms with Gasteiger partial charge in [-0.05, 0) is 17.7 Å². The first-order chi connectivity index (χ1) is 6.24. The Morgan fingerprint density at radius 1 is 1.46 bits per heavy atom. The predicted molar refractivity (Wildman–Crippen MR) is 43.6 cm³/mol. The van der Waals surface area contributed by atoms with E-state index in [4.69, 9.17) is 0 Å². The SMILES string of the molecule is CS(=O)c1ccc(CO[Cl+][O-])cc1. The minimum Gasteiger partial charge on any atom is -0.506 e. The van der Waals surface area contributed by atoms with Crippen molar-refractivity contribution in [1.29, 1.82) is 0 Å². The molecule has 0 bridgehead atoms. The first-order valence-corrected chi connectivity index (χ1v) is 5.73. The Labute approximate surface area is 83.2 Å². The van der Waals surface area contributed by atoms with Gasteiger partial charge in [0.2, 0.25) is 0 Å². The second-order valence-electron chi connectivity index (χ2n) is 2.41. The highest BCUT2D eigenvalue weighted by molar-refractivity contribution is 7.84. The number of halogens is 1. The molecule has 0 heterocycles. The van der Waals surface area contributed by atoms with Crippen molar-refractivity contribution >= 4 is 10.8 Å². The average molecular weight is 221 g/mol. The van der Waals surface area contributed by atoms with Crippen molar-refractivity contribution in [2.45, 2.75) is 11.5 Å². The molecular weight excluding hydrogens is 212 g/mol. The summed E-state index contributed by atoms with van der Waals surface area (Å²) in [6.45, 7) is 0.258. The number of hydrogen-bond acceptors (Lipinski definition) is 3. The summed E-state index contributed by atoms with van der Waals surface area (Å²) in [6, 6.07) is 7.10. The Balaban J connectivity index is 2.64. The number of benzene rings is 1. The summed E-state index contributed by atoms with van der Waals surface area (Å²) < 4.78 is 25.4. The monoisotopic (exact) mass is 220 g/mol. The van der Waals surface area contributed by atoms with Gasteiger partial charge in [0.05, 0.1) is 0 Å². The van der Waals surface area contributed by atoms with Crippen LogP contribution in [0.4, 0.5) is 0 Å². The second kappa shape index (κ2) is 5.34. The van der Waals surface area contributed by atoms with Gasteiger partial charge in [0.15, 0.2) is 0 Å². The number of rotatable bonds is 4. The van der Waals surface area contributed by atoms with Gasteiger partial charge >= 0.3 is 11.3 Å². The van der Waals surface area contributed by atoms with E-state index in [0.29, 0.717) is 11.3 Å². The molecule has 0 aromatic heterocycles. The van der Waals surface area contributed by atoms with Gasteiger partial charge < -0.3 is 4.66 Å². The fourth-order valence-corrected chi connectivity index (χ4v) is 1.55. The first kappa shape index (κ1) is 10.7. The van der Waals surface area contributed by atoms with Crippen molar-refractivity contribution in [3.05, 3.63) is 29.8 Å². The van der Waals surface area contributed by atoms with Gasteiger partial charge in [-0.15, -0.1) is 0 Å². The van der Waals surface area contributed by atoms with Crippen LogP contribution in [-0.2, 0) is 21.7 Å². The van der Waals surface area contributed by atoms with Crippen molar-refractivity contribution in [2.24, 2.45) is 0 Å². The molecule has 0 fully saturated rings. The summed E-state index contributed by atoms with van der Waals surface area (Å²) in [7, 11) is -0.954. The van der Waals surface area contributed by atoms with E-state index in [2.05, 4.69) is 4.29 Å². The zero-order chi connectivity index (χ0) is 9.68. The Hall–Kier alpha value is -0.420. The summed E-state index contributed by atoms with van der Waals surface area (Å²) >= 11 is 0.512. The van der Waals surface area contributed by atoms with Crippen LogP contribution in [0.15, 0.2) is 29.2 Å². The van der Waals surface area contributed by atoms with Crippen LogP contribution < -0.4 is 4.66 Å². The normalized spacial score (nSPS) is 12.8.